The Labute approximate surface area is 88.3 Å². The molecule has 0 aromatic heterocycles. The molecule has 1 atom stereocenters. The van der Waals surface area contributed by atoms with E-state index in [-0.39, 0.29) is 0 Å². The van der Waals surface area contributed by atoms with Crippen molar-refractivity contribution in [2.75, 3.05) is 0 Å². The van der Waals surface area contributed by atoms with Gasteiger partial charge in [0.05, 0.1) is 0 Å². The second-order valence-corrected chi connectivity index (χ2v) is 4.70. The highest BCUT2D eigenvalue weighted by atomic mass is 16.1. The summed E-state index contributed by atoms with van der Waals surface area (Å²) in [6.45, 7) is 2.23. The molecule has 82 valence electrons. The van der Waals surface area contributed by atoms with Crippen molar-refractivity contribution in [3.63, 3.8) is 0 Å². The number of carbonyl (C=O) groups excluding carboxylic acids is 1. The first-order valence-corrected chi connectivity index (χ1v) is 6.34. The number of hydrogen-bond donors (Lipinski definition) is 0. The van der Waals surface area contributed by atoms with E-state index in [2.05, 4.69) is 6.92 Å². The molecular weight excluding hydrogens is 172 g/mol. The molecule has 1 aliphatic carbocycles. The summed E-state index contributed by atoms with van der Waals surface area (Å²) in [7, 11) is 0. The van der Waals surface area contributed by atoms with E-state index in [1.54, 1.807) is 0 Å². The van der Waals surface area contributed by atoms with Gasteiger partial charge in [-0.15, -0.1) is 0 Å². The Hall–Kier alpha value is -0.330. The highest BCUT2D eigenvalue weighted by Gasteiger charge is 2.14. The fraction of sp³-hybridized carbons (Fsp3) is 0.923. The van der Waals surface area contributed by atoms with Crippen LogP contribution in [0.5, 0.6) is 0 Å². The van der Waals surface area contributed by atoms with E-state index in [4.69, 9.17) is 0 Å². The summed E-state index contributed by atoms with van der Waals surface area (Å²) in [5.41, 5.74) is 0. The van der Waals surface area contributed by atoms with E-state index < -0.39 is 0 Å². The molecule has 0 bridgehead atoms. The zero-order valence-corrected chi connectivity index (χ0v) is 9.56. The second kappa shape index (κ2) is 7.03. The van der Waals surface area contributed by atoms with Crippen LogP contribution < -0.4 is 0 Å². The number of carbonyl (C=O) groups is 1. The topological polar surface area (TPSA) is 17.1 Å². The van der Waals surface area contributed by atoms with Crippen LogP contribution >= 0.6 is 0 Å². The molecule has 0 amide bonds. The number of Topliss-reactive ketones (excluding diaryl/α,β-unsaturated/α-hetero) is 1. The van der Waals surface area contributed by atoms with Crippen LogP contribution in [0.3, 0.4) is 0 Å². The summed E-state index contributed by atoms with van der Waals surface area (Å²) in [5, 5.41) is 0. The monoisotopic (exact) mass is 196 g/mol. The molecule has 0 heterocycles. The number of hydrogen-bond acceptors (Lipinski definition) is 1. The van der Waals surface area contributed by atoms with E-state index in [9.17, 15) is 4.79 Å². The highest BCUT2D eigenvalue weighted by molar-refractivity contribution is 5.78. The first-order valence-electron chi connectivity index (χ1n) is 6.34. The molecule has 0 saturated heterocycles. The van der Waals surface area contributed by atoms with Crippen LogP contribution in [0.4, 0.5) is 0 Å². The Morgan fingerprint density at radius 3 is 2.79 bits per heavy atom. The average molecular weight is 196 g/mol. The quantitative estimate of drug-likeness (QED) is 0.664. The van der Waals surface area contributed by atoms with E-state index in [0.717, 1.165) is 19.3 Å². The van der Waals surface area contributed by atoms with Gasteiger partial charge in [-0.3, -0.25) is 4.79 Å². The number of rotatable bonds is 3. The van der Waals surface area contributed by atoms with Crippen molar-refractivity contribution in [3.8, 4) is 0 Å². The van der Waals surface area contributed by atoms with Crippen LogP contribution in [0.25, 0.3) is 0 Å². The Morgan fingerprint density at radius 2 is 2.00 bits per heavy atom. The van der Waals surface area contributed by atoms with Crippen LogP contribution in [0.15, 0.2) is 0 Å². The average Bonchev–Trinajstić information content (AvgIpc) is 2.27. The predicted molar refractivity (Wildman–Crippen MR) is 60.3 cm³/mol. The summed E-state index contributed by atoms with van der Waals surface area (Å²) in [6, 6.07) is 0. The van der Waals surface area contributed by atoms with Crippen molar-refractivity contribution in [1.29, 1.82) is 0 Å². The largest absolute Gasteiger partial charge is 0.300 e. The summed E-state index contributed by atoms with van der Waals surface area (Å²) in [4.78, 5) is 11.6. The first kappa shape index (κ1) is 11.7. The van der Waals surface area contributed by atoms with Crippen molar-refractivity contribution >= 4 is 5.78 Å². The molecule has 1 saturated carbocycles. The lowest BCUT2D eigenvalue weighted by Gasteiger charge is -2.14. The maximum absolute atomic E-state index is 11.6. The molecule has 0 aliphatic heterocycles. The molecule has 1 fully saturated rings. The van der Waals surface area contributed by atoms with Gasteiger partial charge in [-0.05, 0) is 12.3 Å². The minimum Gasteiger partial charge on any atom is -0.300 e. The Morgan fingerprint density at radius 1 is 1.21 bits per heavy atom. The Bertz CT molecular complexity index is 163. The number of unbranched alkanes of at least 4 members (excludes halogenated alkanes) is 1. The normalized spacial score (nSPS) is 25.2. The second-order valence-electron chi connectivity index (χ2n) is 4.70. The standard InChI is InChI=1S/C13H24O/c1-2-3-8-12-9-6-4-5-7-10-13(14)11-12/h12H,2-11H2,1H3. The molecule has 14 heavy (non-hydrogen) atoms. The van der Waals surface area contributed by atoms with Gasteiger partial charge in [-0.1, -0.05) is 51.9 Å². The minimum absolute atomic E-state index is 0.521. The smallest absolute Gasteiger partial charge is 0.133 e. The summed E-state index contributed by atoms with van der Waals surface area (Å²) < 4.78 is 0. The summed E-state index contributed by atoms with van der Waals surface area (Å²) >= 11 is 0. The fourth-order valence-corrected chi connectivity index (χ4v) is 2.37. The molecule has 0 N–H and O–H groups in total. The zero-order valence-electron chi connectivity index (χ0n) is 9.56. The van der Waals surface area contributed by atoms with Gasteiger partial charge in [0.2, 0.25) is 0 Å². The van der Waals surface area contributed by atoms with Gasteiger partial charge in [0, 0.05) is 12.8 Å². The lowest BCUT2D eigenvalue weighted by molar-refractivity contribution is -0.120. The van der Waals surface area contributed by atoms with E-state index >= 15 is 0 Å². The molecule has 1 aliphatic rings. The van der Waals surface area contributed by atoms with E-state index in [1.165, 1.54) is 44.9 Å². The van der Waals surface area contributed by atoms with Gasteiger partial charge >= 0.3 is 0 Å². The summed E-state index contributed by atoms with van der Waals surface area (Å²) in [6.07, 6.45) is 12.0. The van der Waals surface area contributed by atoms with E-state index in [1.807, 2.05) is 0 Å². The SMILES string of the molecule is CCCCC1CCCCCCC(=O)C1. The van der Waals surface area contributed by atoms with Crippen LogP contribution in [0.2, 0.25) is 0 Å². The molecular formula is C13H24O. The fourth-order valence-electron chi connectivity index (χ4n) is 2.37. The minimum atomic E-state index is 0.521. The lowest BCUT2D eigenvalue weighted by atomic mass is 9.91. The third-order valence-electron chi connectivity index (χ3n) is 3.30. The third-order valence-corrected chi connectivity index (χ3v) is 3.30. The van der Waals surface area contributed by atoms with Gasteiger partial charge < -0.3 is 0 Å². The van der Waals surface area contributed by atoms with Gasteiger partial charge in [0.1, 0.15) is 5.78 Å². The van der Waals surface area contributed by atoms with Crippen molar-refractivity contribution < 1.29 is 4.79 Å². The zero-order chi connectivity index (χ0) is 10.2. The number of ketones is 1. The van der Waals surface area contributed by atoms with Crippen molar-refractivity contribution in [1.82, 2.24) is 0 Å². The lowest BCUT2D eigenvalue weighted by Crippen LogP contribution is -2.07. The molecule has 1 nitrogen and oxygen atoms in total. The Kier molecular flexibility index (Phi) is 5.89. The van der Waals surface area contributed by atoms with Crippen LogP contribution in [-0.2, 0) is 4.79 Å². The first-order chi connectivity index (χ1) is 6.83. The van der Waals surface area contributed by atoms with Crippen LogP contribution in [-0.4, -0.2) is 5.78 Å². The maximum Gasteiger partial charge on any atom is 0.133 e. The molecule has 0 aromatic carbocycles. The van der Waals surface area contributed by atoms with Crippen molar-refractivity contribution in [3.05, 3.63) is 0 Å². The summed E-state index contributed by atoms with van der Waals surface area (Å²) in [5.74, 6) is 1.23. The van der Waals surface area contributed by atoms with Gasteiger partial charge in [-0.2, -0.15) is 0 Å². The molecule has 1 rings (SSSR count). The van der Waals surface area contributed by atoms with Crippen molar-refractivity contribution in [2.45, 2.75) is 71.1 Å². The van der Waals surface area contributed by atoms with Crippen molar-refractivity contribution in [2.24, 2.45) is 5.92 Å². The van der Waals surface area contributed by atoms with Crippen LogP contribution in [0, 0.1) is 5.92 Å². The highest BCUT2D eigenvalue weighted by Crippen LogP contribution is 2.24. The predicted octanol–water partition coefficient (Wildman–Crippen LogP) is 4.11. The molecule has 1 heteroatoms. The molecule has 0 spiro atoms. The van der Waals surface area contributed by atoms with E-state index in [0.29, 0.717) is 11.7 Å². The molecule has 0 aromatic rings. The van der Waals surface area contributed by atoms with Gasteiger partial charge in [0.15, 0.2) is 0 Å². The van der Waals surface area contributed by atoms with Gasteiger partial charge in [0.25, 0.3) is 0 Å². The Balaban J connectivity index is 2.32. The third kappa shape index (κ3) is 4.78. The molecule has 0 radical (unpaired) electrons. The molecule has 1 unspecified atom stereocenters. The maximum atomic E-state index is 11.6. The van der Waals surface area contributed by atoms with Gasteiger partial charge in [-0.25, -0.2) is 0 Å². The van der Waals surface area contributed by atoms with Crippen LogP contribution in [0.1, 0.15) is 71.1 Å².